The molecule has 0 spiro atoms. The minimum absolute atomic E-state index is 0.185. The number of nitrogens with one attached hydrogen (secondary N) is 2. The first-order chi connectivity index (χ1) is 9.47. The molecular weight excluding hydrogens is 326 g/mol. The summed E-state index contributed by atoms with van der Waals surface area (Å²) in [5.74, 6) is 0.204. The van der Waals surface area contributed by atoms with E-state index in [2.05, 4.69) is 26.8 Å². The summed E-state index contributed by atoms with van der Waals surface area (Å²) in [4.78, 5) is 23.8. The third kappa shape index (κ3) is 7.10. The van der Waals surface area contributed by atoms with E-state index in [-0.39, 0.29) is 18.4 Å². The lowest BCUT2D eigenvalue weighted by Crippen LogP contribution is -2.45. The second kappa shape index (κ2) is 8.55. The molecule has 110 valence electrons. The highest BCUT2D eigenvalue weighted by Gasteiger charge is 2.06. The van der Waals surface area contributed by atoms with Crippen LogP contribution in [-0.2, 0) is 9.59 Å². The zero-order valence-corrected chi connectivity index (χ0v) is 13.1. The number of carbonyl (C=O) groups excluding carboxylic acids is 2. The smallest absolute Gasteiger partial charge is 0.252 e. The molecule has 2 amide bonds. The van der Waals surface area contributed by atoms with E-state index in [4.69, 9.17) is 4.74 Å². The predicted molar refractivity (Wildman–Crippen MR) is 79.1 cm³/mol. The number of rotatable bonds is 6. The molecule has 0 aliphatic heterocycles. The summed E-state index contributed by atoms with van der Waals surface area (Å²) in [6, 6.07) is 7.54. The Morgan fingerprint density at radius 2 is 1.90 bits per heavy atom. The van der Waals surface area contributed by atoms with Crippen LogP contribution in [0.5, 0.6) is 5.75 Å². The number of hydrogen-bond acceptors (Lipinski definition) is 4. The second-order valence-electron chi connectivity index (χ2n) is 4.27. The van der Waals surface area contributed by atoms with Crippen molar-refractivity contribution in [3.8, 4) is 5.75 Å². The number of amides is 2. The normalized spacial score (nSPS) is 10.2. The van der Waals surface area contributed by atoms with Crippen LogP contribution in [0.3, 0.4) is 0 Å². The SMILES string of the molecule is CC(=O)NNC(=O)CN(C)CCOc1ccc(Br)cc1. The summed E-state index contributed by atoms with van der Waals surface area (Å²) in [6.07, 6.45) is 0. The lowest BCUT2D eigenvalue weighted by molar-refractivity contribution is -0.128. The molecule has 0 heterocycles. The number of benzene rings is 1. The van der Waals surface area contributed by atoms with Crippen LogP contribution in [0.2, 0.25) is 0 Å². The Morgan fingerprint density at radius 3 is 2.50 bits per heavy atom. The van der Waals surface area contributed by atoms with Gasteiger partial charge in [0.2, 0.25) is 5.91 Å². The largest absolute Gasteiger partial charge is 0.492 e. The zero-order chi connectivity index (χ0) is 15.0. The van der Waals surface area contributed by atoms with Gasteiger partial charge < -0.3 is 4.74 Å². The Labute approximate surface area is 126 Å². The van der Waals surface area contributed by atoms with Gasteiger partial charge in [-0.05, 0) is 31.3 Å². The fraction of sp³-hybridized carbons (Fsp3) is 0.385. The standard InChI is InChI=1S/C13H18BrN3O3/c1-10(18)15-16-13(19)9-17(2)7-8-20-12-5-3-11(14)4-6-12/h3-6H,7-9H2,1-2H3,(H,15,18)(H,16,19). The minimum atomic E-state index is -0.306. The van der Waals surface area contributed by atoms with Gasteiger partial charge in [0.15, 0.2) is 0 Å². The van der Waals surface area contributed by atoms with Gasteiger partial charge >= 0.3 is 0 Å². The molecule has 0 fully saturated rings. The Morgan fingerprint density at radius 1 is 1.25 bits per heavy atom. The summed E-state index contributed by atoms with van der Waals surface area (Å²) in [5.41, 5.74) is 4.54. The van der Waals surface area contributed by atoms with Crippen molar-refractivity contribution < 1.29 is 14.3 Å². The monoisotopic (exact) mass is 343 g/mol. The van der Waals surface area contributed by atoms with Crippen molar-refractivity contribution in [3.63, 3.8) is 0 Å². The van der Waals surface area contributed by atoms with Crippen molar-refractivity contribution in [2.45, 2.75) is 6.92 Å². The third-order valence-electron chi connectivity index (χ3n) is 2.35. The van der Waals surface area contributed by atoms with Gasteiger partial charge in [0, 0.05) is 17.9 Å². The Balaban J connectivity index is 2.19. The van der Waals surface area contributed by atoms with E-state index in [0.717, 1.165) is 10.2 Å². The van der Waals surface area contributed by atoms with E-state index in [0.29, 0.717) is 13.2 Å². The summed E-state index contributed by atoms with van der Waals surface area (Å²) < 4.78 is 6.54. The Kier molecular flexibility index (Phi) is 7.03. The number of halogens is 1. The van der Waals surface area contributed by atoms with E-state index in [9.17, 15) is 9.59 Å². The fourth-order valence-electron chi connectivity index (χ4n) is 1.37. The molecule has 0 aliphatic carbocycles. The minimum Gasteiger partial charge on any atom is -0.492 e. The maximum absolute atomic E-state index is 11.4. The predicted octanol–water partition coefficient (Wildman–Crippen LogP) is 0.927. The quantitative estimate of drug-likeness (QED) is 0.754. The molecule has 0 unspecified atom stereocenters. The van der Waals surface area contributed by atoms with Crippen molar-refractivity contribution in [1.29, 1.82) is 0 Å². The van der Waals surface area contributed by atoms with Gasteiger partial charge in [-0.3, -0.25) is 25.3 Å². The molecular formula is C13H18BrN3O3. The van der Waals surface area contributed by atoms with Crippen LogP contribution in [0.1, 0.15) is 6.92 Å². The molecule has 20 heavy (non-hydrogen) atoms. The highest BCUT2D eigenvalue weighted by atomic mass is 79.9. The highest BCUT2D eigenvalue weighted by Crippen LogP contribution is 2.15. The summed E-state index contributed by atoms with van der Waals surface area (Å²) in [6.45, 7) is 2.59. The van der Waals surface area contributed by atoms with E-state index in [1.54, 1.807) is 11.9 Å². The fourth-order valence-corrected chi connectivity index (χ4v) is 1.64. The van der Waals surface area contributed by atoms with Gasteiger partial charge in [-0.25, -0.2) is 0 Å². The van der Waals surface area contributed by atoms with E-state index < -0.39 is 0 Å². The molecule has 1 rings (SSSR count). The first-order valence-electron chi connectivity index (χ1n) is 6.09. The lowest BCUT2D eigenvalue weighted by atomic mass is 10.3. The van der Waals surface area contributed by atoms with Gasteiger partial charge in [-0.15, -0.1) is 0 Å². The molecule has 0 saturated heterocycles. The zero-order valence-electron chi connectivity index (χ0n) is 11.5. The summed E-state index contributed by atoms with van der Waals surface area (Å²) in [7, 11) is 1.80. The van der Waals surface area contributed by atoms with Crippen LogP contribution < -0.4 is 15.6 Å². The number of ether oxygens (including phenoxy) is 1. The first-order valence-corrected chi connectivity index (χ1v) is 6.89. The maximum Gasteiger partial charge on any atom is 0.252 e. The maximum atomic E-state index is 11.4. The molecule has 0 bridgehead atoms. The molecule has 1 aromatic carbocycles. The first kappa shape index (κ1) is 16.5. The number of carbonyl (C=O) groups is 2. The number of nitrogens with zero attached hydrogens (tertiary/aromatic N) is 1. The van der Waals surface area contributed by atoms with Gasteiger partial charge in [-0.2, -0.15) is 0 Å². The number of likely N-dealkylation sites (N-methyl/N-ethyl adjacent to an activating group) is 1. The van der Waals surface area contributed by atoms with Crippen molar-refractivity contribution >= 4 is 27.7 Å². The van der Waals surface area contributed by atoms with Gasteiger partial charge in [0.1, 0.15) is 12.4 Å². The van der Waals surface area contributed by atoms with Crippen LogP contribution >= 0.6 is 15.9 Å². The van der Waals surface area contributed by atoms with E-state index in [1.807, 2.05) is 24.3 Å². The van der Waals surface area contributed by atoms with Crippen LogP contribution in [-0.4, -0.2) is 43.5 Å². The molecule has 0 saturated carbocycles. The van der Waals surface area contributed by atoms with Crippen LogP contribution in [0.15, 0.2) is 28.7 Å². The van der Waals surface area contributed by atoms with Crippen molar-refractivity contribution in [1.82, 2.24) is 15.8 Å². The molecule has 0 atom stereocenters. The molecule has 0 aliphatic rings. The van der Waals surface area contributed by atoms with Crippen LogP contribution in [0, 0.1) is 0 Å². The van der Waals surface area contributed by atoms with Gasteiger partial charge in [0.05, 0.1) is 6.54 Å². The lowest BCUT2D eigenvalue weighted by Gasteiger charge is -2.16. The molecule has 1 aromatic rings. The van der Waals surface area contributed by atoms with Gasteiger partial charge in [0.25, 0.3) is 5.91 Å². The Hall–Kier alpha value is -1.60. The van der Waals surface area contributed by atoms with Gasteiger partial charge in [-0.1, -0.05) is 15.9 Å². The third-order valence-corrected chi connectivity index (χ3v) is 2.88. The molecule has 2 N–H and O–H groups in total. The van der Waals surface area contributed by atoms with Crippen LogP contribution in [0.4, 0.5) is 0 Å². The van der Waals surface area contributed by atoms with E-state index in [1.165, 1.54) is 6.92 Å². The molecule has 0 aromatic heterocycles. The molecule has 7 heteroatoms. The number of hydrazine groups is 1. The highest BCUT2D eigenvalue weighted by molar-refractivity contribution is 9.10. The van der Waals surface area contributed by atoms with E-state index >= 15 is 0 Å². The topological polar surface area (TPSA) is 70.7 Å². The summed E-state index contributed by atoms with van der Waals surface area (Å²) >= 11 is 3.35. The number of hydrogen-bond donors (Lipinski definition) is 2. The molecule has 0 radical (unpaired) electrons. The average molecular weight is 344 g/mol. The average Bonchev–Trinajstić information content (AvgIpc) is 2.38. The van der Waals surface area contributed by atoms with Crippen LogP contribution in [0.25, 0.3) is 0 Å². The second-order valence-corrected chi connectivity index (χ2v) is 5.19. The Bertz CT molecular complexity index is 451. The molecule has 6 nitrogen and oxygen atoms in total. The van der Waals surface area contributed by atoms with Crippen molar-refractivity contribution in [3.05, 3.63) is 28.7 Å². The van der Waals surface area contributed by atoms with Crippen molar-refractivity contribution in [2.75, 3.05) is 26.7 Å². The van der Waals surface area contributed by atoms with Crippen molar-refractivity contribution in [2.24, 2.45) is 0 Å². The summed E-state index contributed by atoms with van der Waals surface area (Å²) in [5, 5.41) is 0.